The van der Waals surface area contributed by atoms with Crippen LogP contribution in [0.15, 0.2) is 48.5 Å². The first-order valence-electron chi connectivity index (χ1n) is 7.17. The fraction of sp³-hybridized carbons (Fsp3) is 0.278. The lowest BCUT2D eigenvalue weighted by molar-refractivity contribution is -0.116. The zero-order valence-corrected chi connectivity index (χ0v) is 12.6. The molecule has 0 aromatic heterocycles. The number of carbonyl (C=O) groups excluding carboxylic acids is 1. The second kappa shape index (κ2) is 7.48. The summed E-state index contributed by atoms with van der Waals surface area (Å²) >= 11 is 0. The van der Waals surface area contributed by atoms with Crippen LogP contribution < -0.4 is 10.1 Å². The van der Waals surface area contributed by atoms with E-state index >= 15 is 0 Å². The number of methoxy groups -OCH3 is 1. The molecule has 21 heavy (non-hydrogen) atoms. The Bertz CT molecular complexity index is 590. The normalized spacial score (nSPS) is 10.2. The Morgan fingerprint density at radius 1 is 1.14 bits per heavy atom. The highest BCUT2D eigenvalue weighted by atomic mass is 16.5. The van der Waals surface area contributed by atoms with Crippen molar-refractivity contribution < 1.29 is 9.53 Å². The number of ether oxygens (including phenoxy) is 1. The number of hydrogen-bond donors (Lipinski definition) is 1. The largest absolute Gasteiger partial charge is 0.497 e. The third-order valence-electron chi connectivity index (χ3n) is 3.33. The van der Waals surface area contributed by atoms with Crippen LogP contribution in [0.5, 0.6) is 5.75 Å². The standard InChI is InChI=1S/C18H21NO2/c1-14-5-3-7-16(13-14)19-18(20)8-4-6-15-9-11-17(21-2)12-10-15/h3,5,7,9-13H,4,6,8H2,1-2H3,(H,19,20). The molecule has 3 heteroatoms. The number of nitrogens with one attached hydrogen (secondary N) is 1. The van der Waals surface area contributed by atoms with E-state index in [-0.39, 0.29) is 5.91 Å². The minimum Gasteiger partial charge on any atom is -0.497 e. The van der Waals surface area contributed by atoms with Crippen molar-refractivity contribution in [1.82, 2.24) is 0 Å². The van der Waals surface area contributed by atoms with E-state index in [2.05, 4.69) is 5.32 Å². The molecule has 0 saturated heterocycles. The maximum atomic E-state index is 11.9. The molecule has 0 aliphatic heterocycles. The van der Waals surface area contributed by atoms with E-state index in [0.717, 1.165) is 29.8 Å². The quantitative estimate of drug-likeness (QED) is 0.871. The third kappa shape index (κ3) is 4.95. The summed E-state index contributed by atoms with van der Waals surface area (Å²) in [6, 6.07) is 15.8. The Balaban J connectivity index is 1.76. The van der Waals surface area contributed by atoms with Crippen LogP contribution in [0, 0.1) is 6.92 Å². The van der Waals surface area contributed by atoms with Gasteiger partial charge in [0.05, 0.1) is 7.11 Å². The molecule has 0 unspecified atom stereocenters. The van der Waals surface area contributed by atoms with Gasteiger partial charge in [0.25, 0.3) is 0 Å². The number of aryl methyl sites for hydroxylation is 2. The van der Waals surface area contributed by atoms with Crippen LogP contribution >= 0.6 is 0 Å². The van der Waals surface area contributed by atoms with Crippen molar-refractivity contribution in [2.75, 3.05) is 12.4 Å². The van der Waals surface area contributed by atoms with Gasteiger partial charge in [0, 0.05) is 12.1 Å². The van der Waals surface area contributed by atoms with Gasteiger partial charge in [0.15, 0.2) is 0 Å². The van der Waals surface area contributed by atoms with Crippen LogP contribution in [-0.2, 0) is 11.2 Å². The molecular formula is C18H21NO2. The highest BCUT2D eigenvalue weighted by molar-refractivity contribution is 5.90. The van der Waals surface area contributed by atoms with Crippen molar-refractivity contribution in [3.05, 3.63) is 59.7 Å². The molecule has 0 atom stereocenters. The second-order valence-electron chi connectivity index (χ2n) is 5.12. The highest BCUT2D eigenvalue weighted by Crippen LogP contribution is 2.14. The van der Waals surface area contributed by atoms with E-state index in [1.54, 1.807) is 7.11 Å². The number of rotatable bonds is 6. The summed E-state index contributed by atoms with van der Waals surface area (Å²) in [4.78, 5) is 11.9. The summed E-state index contributed by atoms with van der Waals surface area (Å²) in [5.74, 6) is 0.921. The Hall–Kier alpha value is -2.29. The summed E-state index contributed by atoms with van der Waals surface area (Å²) in [5.41, 5.74) is 3.23. The van der Waals surface area contributed by atoms with E-state index < -0.39 is 0 Å². The smallest absolute Gasteiger partial charge is 0.224 e. The molecule has 0 fully saturated rings. The lowest BCUT2D eigenvalue weighted by Gasteiger charge is -2.06. The van der Waals surface area contributed by atoms with Crippen LogP contribution in [0.3, 0.4) is 0 Å². The molecule has 0 heterocycles. The van der Waals surface area contributed by atoms with E-state index in [0.29, 0.717) is 6.42 Å². The number of benzene rings is 2. The van der Waals surface area contributed by atoms with Crippen molar-refractivity contribution >= 4 is 11.6 Å². The monoisotopic (exact) mass is 283 g/mol. The van der Waals surface area contributed by atoms with Crippen LogP contribution in [0.25, 0.3) is 0 Å². The number of hydrogen-bond acceptors (Lipinski definition) is 2. The van der Waals surface area contributed by atoms with Crippen LogP contribution in [-0.4, -0.2) is 13.0 Å². The lowest BCUT2D eigenvalue weighted by Crippen LogP contribution is -2.11. The zero-order chi connectivity index (χ0) is 15.1. The predicted octanol–water partition coefficient (Wildman–Crippen LogP) is 3.97. The minimum absolute atomic E-state index is 0.0640. The average Bonchev–Trinajstić information content (AvgIpc) is 2.48. The molecule has 0 radical (unpaired) electrons. The van der Waals surface area contributed by atoms with Crippen molar-refractivity contribution in [3.63, 3.8) is 0 Å². The van der Waals surface area contributed by atoms with Crippen molar-refractivity contribution in [1.29, 1.82) is 0 Å². The van der Waals surface area contributed by atoms with E-state index in [4.69, 9.17) is 4.74 Å². The van der Waals surface area contributed by atoms with Gasteiger partial charge in [-0.3, -0.25) is 4.79 Å². The molecule has 1 amide bonds. The first-order chi connectivity index (χ1) is 10.2. The molecule has 0 aliphatic carbocycles. The van der Waals surface area contributed by atoms with Crippen LogP contribution in [0.4, 0.5) is 5.69 Å². The van der Waals surface area contributed by atoms with Gasteiger partial charge in [-0.2, -0.15) is 0 Å². The maximum Gasteiger partial charge on any atom is 0.224 e. The molecule has 0 bridgehead atoms. The molecule has 0 saturated carbocycles. The summed E-state index contributed by atoms with van der Waals surface area (Å²) in [5, 5.41) is 2.93. The first-order valence-corrected chi connectivity index (χ1v) is 7.17. The van der Waals surface area contributed by atoms with Crippen molar-refractivity contribution in [3.8, 4) is 5.75 Å². The average molecular weight is 283 g/mol. The summed E-state index contributed by atoms with van der Waals surface area (Å²) in [6.45, 7) is 2.01. The Morgan fingerprint density at radius 3 is 2.57 bits per heavy atom. The third-order valence-corrected chi connectivity index (χ3v) is 3.33. The predicted molar refractivity (Wildman–Crippen MR) is 85.7 cm³/mol. The fourth-order valence-corrected chi connectivity index (χ4v) is 2.19. The molecule has 2 rings (SSSR count). The van der Waals surface area contributed by atoms with Crippen molar-refractivity contribution in [2.45, 2.75) is 26.2 Å². The van der Waals surface area contributed by atoms with E-state index in [1.165, 1.54) is 5.56 Å². The number of amides is 1. The summed E-state index contributed by atoms with van der Waals surface area (Å²) in [7, 11) is 1.66. The number of carbonyl (C=O) groups is 1. The molecule has 2 aromatic rings. The first kappa shape index (κ1) is 15.1. The van der Waals surface area contributed by atoms with Gasteiger partial charge in [-0.15, -0.1) is 0 Å². The summed E-state index contributed by atoms with van der Waals surface area (Å²) < 4.78 is 5.12. The van der Waals surface area contributed by atoms with Gasteiger partial charge in [0.1, 0.15) is 5.75 Å². The van der Waals surface area contributed by atoms with Gasteiger partial charge >= 0.3 is 0 Å². The van der Waals surface area contributed by atoms with Gasteiger partial charge in [-0.05, 0) is 55.2 Å². The Morgan fingerprint density at radius 2 is 1.90 bits per heavy atom. The van der Waals surface area contributed by atoms with Gasteiger partial charge in [-0.25, -0.2) is 0 Å². The molecular weight excluding hydrogens is 262 g/mol. The lowest BCUT2D eigenvalue weighted by atomic mass is 10.1. The Labute approximate surface area is 126 Å². The highest BCUT2D eigenvalue weighted by Gasteiger charge is 2.03. The van der Waals surface area contributed by atoms with E-state index in [1.807, 2.05) is 55.5 Å². The summed E-state index contributed by atoms with van der Waals surface area (Å²) in [6.07, 6.45) is 2.26. The molecule has 0 aliphatic rings. The minimum atomic E-state index is 0.0640. The van der Waals surface area contributed by atoms with Gasteiger partial charge in [-0.1, -0.05) is 24.3 Å². The second-order valence-corrected chi connectivity index (χ2v) is 5.12. The molecule has 3 nitrogen and oxygen atoms in total. The Kier molecular flexibility index (Phi) is 5.38. The molecule has 0 spiro atoms. The zero-order valence-electron chi connectivity index (χ0n) is 12.6. The van der Waals surface area contributed by atoms with Gasteiger partial charge in [0.2, 0.25) is 5.91 Å². The van der Waals surface area contributed by atoms with Crippen LogP contribution in [0.1, 0.15) is 24.0 Å². The molecule has 2 aromatic carbocycles. The van der Waals surface area contributed by atoms with Crippen LogP contribution in [0.2, 0.25) is 0 Å². The number of anilines is 1. The SMILES string of the molecule is COc1ccc(CCCC(=O)Nc2cccc(C)c2)cc1. The molecule has 1 N–H and O–H groups in total. The maximum absolute atomic E-state index is 11.9. The topological polar surface area (TPSA) is 38.3 Å². The van der Waals surface area contributed by atoms with Crippen molar-refractivity contribution in [2.24, 2.45) is 0 Å². The fourth-order valence-electron chi connectivity index (χ4n) is 2.19. The van der Waals surface area contributed by atoms with E-state index in [9.17, 15) is 4.79 Å². The van der Waals surface area contributed by atoms with Gasteiger partial charge < -0.3 is 10.1 Å². The molecule has 110 valence electrons.